The molecule has 5 nitrogen and oxygen atoms in total. The lowest BCUT2D eigenvalue weighted by Crippen LogP contribution is -2.46. The lowest BCUT2D eigenvalue weighted by atomic mass is 10.1. The van der Waals surface area contributed by atoms with Gasteiger partial charge in [-0.05, 0) is 35.9 Å². The summed E-state index contributed by atoms with van der Waals surface area (Å²) in [6, 6.07) is 10.4. The summed E-state index contributed by atoms with van der Waals surface area (Å²) in [5.41, 5.74) is 1.57. The third-order valence-corrected chi connectivity index (χ3v) is 5.59. The largest absolute Gasteiger partial charge is 0.467 e. The van der Waals surface area contributed by atoms with Gasteiger partial charge in [0.05, 0.1) is 10.2 Å². The summed E-state index contributed by atoms with van der Waals surface area (Å²) < 4.78 is 32.9. The highest BCUT2D eigenvalue weighted by Crippen LogP contribution is 2.30. The summed E-state index contributed by atoms with van der Waals surface area (Å²) in [7, 11) is 0. The van der Waals surface area contributed by atoms with Crippen molar-refractivity contribution in [1.29, 1.82) is 0 Å². The molecule has 3 aromatic rings. The molecule has 0 bridgehead atoms. The highest BCUT2D eigenvalue weighted by Gasteiger charge is 2.24. The maximum absolute atomic E-state index is 13.3. The summed E-state index contributed by atoms with van der Waals surface area (Å²) in [5, 5.41) is 3.38. The second-order valence-electron chi connectivity index (χ2n) is 6.68. The van der Waals surface area contributed by atoms with Crippen molar-refractivity contribution in [1.82, 2.24) is 15.2 Å². The molecule has 2 aromatic carbocycles. The van der Waals surface area contributed by atoms with Crippen LogP contribution in [0, 0.1) is 11.6 Å². The number of hydrogen-bond donors (Lipinski definition) is 1. The molecule has 4 rings (SSSR count). The molecular weight excluding hydrogens is 384 g/mol. The second kappa shape index (κ2) is 8.10. The van der Waals surface area contributed by atoms with E-state index in [4.69, 9.17) is 4.74 Å². The van der Waals surface area contributed by atoms with Crippen LogP contribution in [0.15, 0.2) is 42.5 Å². The van der Waals surface area contributed by atoms with Crippen LogP contribution in [-0.4, -0.2) is 35.1 Å². The smallest absolute Gasteiger partial charge is 0.317 e. The van der Waals surface area contributed by atoms with E-state index in [2.05, 4.69) is 10.3 Å². The van der Waals surface area contributed by atoms with E-state index in [1.54, 1.807) is 23.1 Å². The van der Waals surface area contributed by atoms with E-state index in [1.165, 1.54) is 35.6 Å². The standard InChI is InChI=1S/C20H19F2N3O2S/c21-14-3-1-13(2-4-14)12-23-19(26)25-9-7-16(8-10-25)27-20-24-17-6-5-15(22)11-18(17)28-20/h1-6,11,16H,7-10,12H2,(H,23,26). The molecule has 2 heterocycles. The number of ether oxygens (including phenoxy) is 1. The number of amides is 2. The van der Waals surface area contributed by atoms with Gasteiger partial charge in [-0.1, -0.05) is 23.5 Å². The number of benzene rings is 2. The molecule has 0 radical (unpaired) electrons. The Labute approximate surface area is 164 Å². The third kappa shape index (κ3) is 4.39. The number of fused-ring (bicyclic) bond motifs is 1. The van der Waals surface area contributed by atoms with Gasteiger partial charge in [0.2, 0.25) is 0 Å². The summed E-state index contributed by atoms with van der Waals surface area (Å²) in [6.07, 6.45) is 1.38. The molecule has 28 heavy (non-hydrogen) atoms. The Bertz CT molecular complexity index is 969. The summed E-state index contributed by atoms with van der Waals surface area (Å²) in [4.78, 5) is 18.4. The van der Waals surface area contributed by atoms with Crippen LogP contribution in [-0.2, 0) is 6.54 Å². The minimum Gasteiger partial charge on any atom is -0.467 e. The number of likely N-dealkylation sites (tertiary alicyclic amines) is 1. The molecule has 1 N–H and O–H groups in total. The van der Waals surface area contributed by atoms with Crippen LogP contribution in [0.5, 0.6) is 5.19 Å². The molecule has 0 saturated carbocycles. The minimum atomic E-state index is -0.296. The van der Waals surface area contributed by atoms with Crippen molar-refractivity contribution in [3.63, 3.8) is 0 Å². The van der Waals surface area contributed by atoms with Gasteiger partial charge in [0, 0.05) is 32.5 Å². The summed E-state index contributed by atoms with van der Waals surface area (Å²) >= 11 is 1.33. The lowest BCUT2D eigenvalue weighted by Gasteiger charge is -2.31. The van der Waals surface area contributed by atoms with Gasteiger partial charge < -0.3 is 15.0 Å². The van der Waals surface area contributed by atoms with E-state index in [-0.39, 0.29) is 23.8 Å². The number of urea groups is 1. The molecule has 8 heteroatoms. The average Bonchev–Trinajstić information content (AvgIpc) is 3.09. The highest BCUT2D eigenvalue weighted by atomic mass is 32.1. The predicted octanol–water partition coefficient (Wildman–Crippen LogP) is 4.33. The molecule has 1 fully saturated rings. The fraction of sp³-hybridized carbons (Fsp3) is 0.300. The molecule has 1 aliphatic heterocycles. The van der Waals surface area contributed by atoms with E-state index in [1.807, 2.05) is 0 Å². The van der Waals surface area contributed by atoms with Gasteiger partial charge in [-0.2, -0.15) is 0 Å². The first-order valence-corrected chi connectivity index (χ1v) is 9.88. The zero-order valence-electron chi connectivity index (χ0n) is 15.0. The lowest BCUT2D eigenvalue weighted by molar-refractivity contribution is 0.111. The van der Waals surface area contributed by atoms with Crippen LogP contribution >= 0.6 is 11.3 Å². The van der Waals surface area contributed by atoms with Crippen LogP contribution in [0.3, 0.4) is 0 Å². The van der Waals surface area contributed by atoms with Crippen LogP contribution in [0.2, 0.25) is 0 Å². The van der Waals surface area contributed by atoms with Crippen LogP contribution in [0.1, 0.15) is 18.4 Å². The Hall–Kier alpha value is -2.74. The molecule has 0 atom stereocenters. The highest BCUT2D eigenvalue weighted by molar-refractivity contribution is 7.20. The Morgan fingerprint density at radius 1 is 1.14 bits per heavy atom. The fourth-order valence-corrected chi connectivity index (χ4v) is 4.04. The van der Waals surface area contributed by atoms with E-state index >= 15 is 0 Å². The van der Waals surface area contributed by atoms with Gasteiger partial charge in [-0.3, -0.25) is 0 Å². The minimum absolute atomic E-state index is 0.0217. The average molecular weight is 403 g/mol. The topological polar surface area (TPSA) is 54.5 Å². The summed E-state index contributed by atoms with van der Waals surface area (Å²) in [6.45, 7) is 1.52. The normalized spacial score (nSPS) is 15.0. The maximum Gasteiger partial charge on any atom is 0.317 e. The number of rotatable bonds is 4. The number of aromatic nitrogens is 1. The first kappa shape index (κ1) is 18.6. The number of carbonyl (C=O) groups is 1. The van der Waals surface area contributed by atoms with Crippen molar-refractivity contribution in [2.45, 2.75) is 25.5 Å². The zero-order valence-corrected chi connectivity index (χ0v) is 15.8. The number of halogens is 2. The Balaban J connectivity index is 1.26. The molecule has 1 aliphatic rings. The number of thiazole rings is 1. The van der Waals surface area contributed by atoms with Crippen molar-refractivity contribution >= 4 is 27.6 Å². The van der Waals surface area contributed by atoms with Crippen LogP contribution in [0.4, 0.5) is 13.6 Å². The van der Waals surface area contributed by atoms with E-state index < -0.39 is 0 Å². The van der Waals surface area contributed by atoms with E-state index in [0.717, 1.165) is 15.8 Å². The Morgan fingerprint density at radius 3 is 2.61 bits per heavy atom. The predicted molar refractivity (Wildman–Crippen MR) is 103 cm³/mol. The quantitative estimate of drug-likeness (QED) is 0.706. The number of nitrogens with zero attached hydrogens (tertiary/aromatic N) is 2. The number of nitrogens with one attached hydrogen (secondary N) is 1. The van der Waals surface area contributed by atoms with Crippen molar-refractivity contribution in [2.24, 2.45) is 0 Å². The summed E-state index contributed by atoms with van der Waals surface area (Å²) in [5.74, 6) is -0.585. The van der Waals surface area contributed by atoms with Gasteiger partial charge in [0.25, 0.3) is 5.19 Å². The molecule has 0 spiro atoms. The first-order valence-electron chi connectivity index (χ1n) is 9.07. The molecule has 1 saturated heterocycles. The number of piperidine rings is 1. The number of carbonyl (C=O) groups excluding carboxylic acids is 1. The molecular formula is C20H19F2N3O2S. The molecule has 2 amide bonds. The van der Waals surface area contributed by atoms with Crippen LogP contribution < -0.4 is 10.1 Å². The van der Waals surface area contributed by atoms with Crippen molar-refractivity contribution in [3.8, 4) is 5.19 Å². The molecule has 0 unspecified atom stereocenters. The zero-order chi connectivity index (χ0) is 19.5. The van der Waals surface area contributed by atoms with Crippen molar-refractivity contribution in [2.75, 3.05) is 13.1 Å². The maximum atomic E-state index is 13.3. The Morgan fingerprint density at radius 2 is 1.86 bits per heavy atom. The van der Waals surface area contributed by atoms with Gasteiger partial charge in [0.15, 0.2) is 0 Å². The SMILES string of the molecule is O=C(NCc1ccc(F)cc1)N1CCC(Oc2nc3ccc(F)cc3s2)CC1. The Kier molecular flexibility index (Phi) is 5.38. The van der Waals surface area contributed by atoms with Crippen LogP contribution in [0.25, 0.3) is 10.2 Å². The second-order valence-corrected chi connectivity index (χ2v) is 7.67. The van der Waals surface area contributed by atoms with Gasteiger partial charge in [-0.25, -0.2) is 18.6 Å². The van der Waals surface area contributed by atoms with Crippen molar-refractivity contribution < 1.29 is 18.3 Å². The van der Waals surface area contributed by atoms with Crippen molar-refractivity contribution in [3.05, 3.63) is 59.7 Å². The van der Waals surface area contributed by atoms with Gasteiger partial charge in [-0.15, -0.1) is 0 Å². The first-order chi connectivity index (χ1) is 13.6. The monoisotopic (exact) mass is 403 g/mol. The molecule has 0 aliphatic carbocycles. The molecule has 146 valence electrons. The third-order valence-electron chi connectivity index (χ3n) is 4.68. The van der Waals surface area contributed by atoms with E-state index in [0.29, 0.717) is 37.7 Å². The van der Waals surface area contributed by atoms with Gasteiger partial charge in [0.1, 0.15) is 17.7 Å². The molecule has 1 aromatic heterocycles. The number of hydrogen-bond acceptors (Lipinski definition) is 4. The van der Waals surface area contributed by atoms with E-state index in [9.17, 15) is 13.6 Å². The van der Waals surface area contributed by atoms with Gasteiger partial charge >= 0.3 is 6.03 Å². The fourth-order valence-electron chi connectivity index (χ4n) is 3.14.